The molecule has 3 fully saturated rings. The Morgan fingerprint density at radius 3 is 2.35 bits per heavy atom. The van der Waals surface area contributed by atoms with Gasteiger partial charge in [0.1, 0.15) is 11.2 Å². The van der Waals surface area contributed by atoms with Gasteiger partial charge in [-0.3, -0.25) is 4.79 Å². The number of amides is 1. The number of halogens is 4. The number of tetrazole rings is 1. The van der Waals surface area contributed by atoms with E-state index < -0.39 is 48.2 Å². The Morgan fingerprint density at radius 2 is 1.79 bits per heavy atom. The van der Waals surface area contributed by atoms with Crippen LogP contribution in [0.5, 0.6) is 0 Å². The molecule has 2 aromatic rings. The van der Waals surface area contributed by atoms with Gasteiger partial charge in [-0.05, 0) is 61.6 Å². The molecule has 184 valence electrons. The molecule has 12 heteroatoms. The van der Waals surface area contributed by atoms with E-state index in [0.29, 0.717) is 6.54 Å². The monoisotopic (exact) mass is 482 g/mol. The summed E-state index contributed by atoms with van der Waals surface area (Å²) >= 11 is 0. The Morgan fingerprint density at radius 1 is 1.12 bits per heavy atom. The van der Waals surface area contributed by atoms with E-state index in [2.05, 4.69) is 20.7 Å². The second kappa shape index (κ2) is 8.26. The van der Waals surface area contributed by atoms with Gasteiger partial charge in [0.05, 0.1) is 17.8 Å². The molecule has 2 saturated heterocycles. The van der Waals surface area contributed by atoms with E-state index in [1.165, 1.54) is 17.0 Å². The van der Waals surface area contributed by atoms with Crippen molar-refractivity contribution in [2.75, 3.05) is 19.6 Å². The summed E-state index contributed by atoms with van der Waals surface area (Å²) < 4.78 is 56.1. The first-order chi connectivity index (χ1) is 16.1. The molecule has 0 unspecified atom stereocenters. The minimum absolute atomic E-state index is 0.108. The van der Waals surface area contributed by atoms with Crippen LogP contribution in [-0.4, -0.2) is 74.1 Å². The molecule has 2 aliphatic heterocycles. The summed E-state index contributed by atoms with van der Waals surface area (Å²) in [6.45, 7) is 0.326. The van der Waals surface area contributed by atoms with Crippen LogP contribution in [0.4, 0.5) is 17.6 Å². The van der Waals surface area contributed by atoms with Crippen LogP contribution in [0, 0.1) is 11.2 Å². The molecule has 5 rings (SSSR count). The number of benzene rings is 1. The predicted molar refractivity (Wildman–Crippen MR) is 111 cm³/mol. The minimum Gasteiger partial charge on any atom is -0.392 e. The molecule has 3 heterocycles. The first-order valence-electron chi connectivity index (χ1n) is 11.5. The van der Waals surface area contributed by atoms with Crippen molar-refractivity contribution in [1.29, 1.82) is 0 Å². The van der Waals surface area contributed by atoms with Crippen LogP contribution in [0.3, 0.4) is 0 Å². The smallest absolute Gasteiger partial charge is 0.392 e. The first kappa shape index (κ1) is 23.2. The summed E-state index contributed by atoms with van der Waals surface area (Å²) in [5, 5.41) is 25.2. The van der Waals surface area contributed by atoms with Crippen molar-refractivity contribution in [2.45, 2.75) is 62.3 Å². The van der Waals surface area contributed by atoms with Gasteiger partial charge in [0.15, 0.2) is 5.82 Å². The maximum absolute atomic E-state index is 14.3. The lowest BCUT2D eigenvalue weighted by atomic mass is 9.62. The second-order valence-electron chi connectivity index (χ2n) is 9.68. The summed E-state index contributed by atoms with van der Waals surface area (Å²) in [5.41, 5.74) is -2.21. The summed E-state index contributed by atoms with van der Waals surface area (Å²) in [6, 6.07) is 4.41. The van der Waals surface area contributed by atoms with Gasteiger partial charge < -0.3 is 15.3 Å². The predicted octanol–water partition coefficient (Wildman–Crippen LogP) is 2.12. The van der Waals surface area contributed by atoms with Crippen molar-refractivity contribution in [1.82, 2.24) is 30.4 Å². The van der Waals surface area contributed by atoms with E-state index in [4.69, 9.17) is 0 Å². The number of nitrogens with zero attached hydrogens (tertiary/aromatic N) is 5. The van der Waals surface area contributed by atoms with Gasteiger partial charge in [0, 0.05) is 25.0 Å². The van der Waals surface area contributed by atoms with Crippen molar-refractivity contribution >= 4 is 5.91 Å². The molecular formula is C22H26F4N6O2. The van der Waals surface area contributed by atoms with E-state index >= 15 is 0 Å². The van der Waals surface area contributed by atoms with E-state index in [1.54, 1.807) is 0 Å². The fraction of sp³-hybridized carbons (Fsp3) is 0.636. The van der Waals surface area contributed by atoms with E-state index in [1.807, 2.05) is 0 Å². The zero-order valence-electron chi connectivity index (χ0n) is 18.4. The average molecular weight is 482 g/mol. The topological polar surface area (TPSA) is 96.2 Å². The number of nitrogens with one attached hydrogen (secondary N) is 1. The molecule has 0 radical (unpaired) electrons. The molecule has 2 atom stereocenters. The van der Waals surface area contributed by atoms with Gasteiger partial charge in [-0.15, -0.1) is 15.0 Å². The summed E-state index contributed by atoms with van der Waals surface area (Å²) in [6.07, 6.45) is -2.84. The van der Waals surface area contributed by atoms with Crippen LogP contribution >= 0.6 is 0 Å². The van der Waals surface area contributed by atoms with E-state index in [9.17, 15) is 27.5 Å². The molecule has 8 nitrogen and oxygen atoms in total. The molecule has 2 N–H and O–H groups in total. The molecule has 1 aliphatic carbocycles. The highest BCUT2D eigenvalue weighted by Crippen LogP contribution is 2.48. The maximum atomic E-state index is 14.3. The largest absolute Gasteiger partial charge is 0.401 e. The lowest BCUT2D eigenvalue weighted by molar-refractivity contribution is -0.206. The van der Waals surface area contributed by atoms with Crippen molar-refractivity contribution in [3.63, 3.8) is 0 Å². The number of hydrogen-bond acceptors (Lipinski definition) is 6. The number of piperidine rings is 2. The van der Waals surface area contributed by atoms with Crippen molar-refractivity contribution in [3.05, 3.63) is 35.9 Å². The number of alkyl halides is 3. The summed E-state index contributed by atoms with van der Waals surface area (Å²) in [7, 11) is 0. The van der Waals surface area contributed by atoms with Gasteiger partial charge >= 0.3 is 6.18 Å². The van der Waals surface area contributed by atoms with Crippen LogP contribution in [0.1, 0.15) is 44.3 Å². The van der Waals surface area contributed by atoms with Crippen molar-refractivity contribution in [3.8, 4) is 5.69 Å². The van der Waals surface area contributed by atoms with E-state index in [0.717, 1.165) is 36.2 Å². The van der Waals surface area contributed by atoms with Gasteiger partial charge in [0.25, 0.3) is 0 Å². The molecule has 0 bridgehead atoms. The Kier molecular flexibility index (Phi) is 5.63. The zero-order chi connectivity index (χ0) is 24.1. The maximum Gasteiger partial charge on any atom is 0.401 e. The van der Waals surface area contributed by atoms with Crippen LogP contribution < -0.4 is 5.32 Å². The second-order valence-corrected chi connectivity index (χ2v) is 9.68. The number of aliphatic hydroxyl groups excluding tert-OH is 1. The molecule has 1 amide bonds. The Labute approximate surface area is 193 Å². The van der Waals surface area contributed by atoms with Crippen LogP contribution in [0.15, 0.2) is 24.3 Å². The quantitative estimate of drug-likeness (QED) is 0.651. The highest BCUT2D eigenvalue weighted by molar-refractivity contribution is 5.82. The Balaban J connectivity index is 1.30. The third kappa shape index (κ3) is 3.76. The number of carbonyl (C=O) groups excluding carboxylic acids is 1. The van der Waals surface area contributed by atoms with Crippen LogP contribution in [0.2, 0.25) is 0 Å². The molecule has 1 aromatic heterocycles. The number of hydrogen-bond donors (Lipinski definition) is 2. The zero-order valence-corrected chi connectivity index (χ0v) is 18.4. The van der Waals surface area contributed by atoms with Gasteiger partial charge in [-0.1, -0.05) is 6.42 Å². The van der Waals surface area contributed by atoms with Crippen LogP contribution in [0.25, 0.3) is 5.69 Å². The Hall–Kier alpha value is -2.60. The van der Waals surface area contributed by atoms with E-state index in [-0.39, 0.29) is 36.5 Å². The third-order valence-corrected chi connectivity index (χ3v) is 7.88. The fourth-order valence-corrected chi connectivity index (χ4v) is 5.38. The van der Waals surface area contributed by atoms with Crippen molar-refractivity contribution in [2.24, 2.45) is 5.41 Å². The number of carbonyl (C=O) groups is 1. The number of likely N-dealkylation sites (tertiary alicyclic amines) is 1. The number of aliphatic hydroxyl groups is 1. The van der Waals surface area contributed by atoms with Gasteiger partial charge in [0.2, 0.25) is 5.91 Å². The normalized spacial score (nSPS) is 26.3. The molecule has 3 aliphatic rings. The first-order valence-corrected chi connectivity index (χ1v) is 11.5. The summed E-state index contributed by atoms with van der Waals surface area (Å²) in [4.78, 5) is 15.4. The van der Waals surface area contributed by atoms with Gasteiger partial charge in [-0.25, -0.2) is 4.39 Å². The minimum atomic E-state index is -4.64. The average Bonchev–Trinajstić information content (AvgIpc) is 3.28. The lowest BCUT2D eigenvalue weighted by Gasteiger charge is -2.51. The third-order valence-electron chi connectivity index (χ3n) is 7.88. The van der Waals surface area contributed by atoms with Gasteiger partial charge in [-0.2, -0.15) is 13.2 Å². The summed E-state index contributed by atoms with van der Waals surface area (Å²) in [5.74, 6) is -1.24. The molecule has 1 saturated carbocycles. The standard InChI is InChI=1S/C22H26F4N6O2/c23-14-2-4-15(5-3-14)32-29-19(28-30-32)21(22(24,25)26)8-10-31(11-9-21)18(34)16-12-17(33)20(13-27-16)6-1-7-20/h2-5,16-17,27,33H,1,6-13H2/t16-,17+/m0/s1. The number of aromatic nitrogens is 4. The van der Waals surface area contributed by atoms with Crippen molar-refractivity contribution < 1.29 is 27.5 Å². The highest BCUT2D eigenvalue weighted by Gasteiger charge is 2.60. The fourth-order valence-electron chi connectivity index (χ4n) is 5.38. The molecule has 1 aromatic carbocycles. The molecular weight excluding hydrogens is 456 g/mol. The SMILES string of the molecule is O=C([C@@H]1C[C@@H](O)C2(CCC2)CN1)N1CCC(c2nnn(-c3ccc(F)cc3)n2)(C(F)(F)F)CC1. The molecule has 34 heavy (non-hydrogen) atoms. The highest BCUT2D eigenvalue weighted by atomic mass is 19.4. The lowest BCUT2D eigenvalue weighted by Crippen LogP contribution is -2.62. The Bertz CT molecular complexity index is 1040. The van der Waals surface area contributed by atoms with Crippen LogP contribution in [-0.2, 0) is 10.2 Å². The molecule has 1 spiro atoms. The number of rotatable bonds is 3.